The van der Waals surface area contributed by atoms with Crippen LogP contribution in [0.5, 0.6) is 0 Å². The Morgan fingerprint density at radius 1 is 1.48 bits per heavy atom. The van der Waals surface area contributed by atoms with E-state index in [1.165, 1.54) is 12.8 Å². The van der Waals surface area contributed by atoms with Gasteiger partial charge in [0, 0.05) is 29.9 Å². The molecule has 2 unspecified atom stereocenters. The average molecular weight is 356 g/mol. The Balaban J connectivity index is 1.90. The Bertz CT molecular complexity index is 571. The second-order valence-corrected chi connectivity index (χ2v) is 7.11. The van der Waals surface area contributed by atoms with Gasteiger partial charge in [-0.25, -0.2) is 4.39 Å². The molecular formula is C16H20BrFN2O. The second kappa shape index (κ2) is 5.73. The molecule has 1 heterocycles. The predicted octanol–water partition coefficient (Wildman–Crippen LogP) is 3.27. The van der Waals surface area contributed by atoms with Crippen molar-refractivity contribution in [3.63, 3.8) is 0 Å². The van der Waals surface area contributed by atoms with Gasteiger partial charge in [0.25, 0.3) is 0 Å². The van der Waals surface area contributed by atoms with Crippen LogP contribution in [-0.4, -0.2) is 35.9 Å². The van der Waals surface area contributed by atoms with E-state index in [0.29, 0.717) is 21.2 Å². The molecule has 3 rings (SSSR count). The monoisotopic (exact) mass is 355 g/mol. The number of nitrogens with zero attached hydrogens (tertiary/aromatic N) is 2. The third kappa shape index (κ3) is 2.76. The zero-order chi connectivity index (χ0) is 16.0. The number of halogens is 2. The molecule has 21 heavy (non-hydrogen) atoms. The SMILES string of the molecule is [2H]C1(C#N)C(N2CCC3(CC2)CC3)=CC(Br)=C(CCO)C1F. The summed E-state index contributed by atoms with van der Waals surface area (Å²) in [6.07, 6.45) is 4.82. The molecule has 0 aromatic carbocycles. The highest BCUT2D eigenvalue weighted by atomic mass is 79.9. The fourth-order valence-electron chi connectivity index (χ4n) is 3.36. The maximum atomic E-state index is 14.8. The number of aliphatic hydroxyl groups excluding tert-OH is 1. The number of likely N-dealkylation sites (tertiary alicyclic amines) is 1. The Hall–Kier alpha value is -0.860. The molecule has 1 aliphatic heterocycles. The van der Waals surface area contributed by atoms with Crippen LogP contribution >= 0.6 is 15.9 Å². The van der Waals surface area contributed by atoms with E-state index < -0.39 is 12.1 Å². The summed E-state index contributed by atoms with van der Waals surface area (Å²) >= 11 is 3.35. The fourth-order valence-corrected chi connectivity index (χ4v) is 3.97. The van der Waals surface area contributed by atoms with Crippen LogP contribution in [-0.2, 0) is 0 Å². The molecule has 2 aliphatic carbocycles. The Kier molecular flexibility index (Phi) is 3.76. The minimum Gasteiger partial charge on any atom is -0.396 e. The van der Waals surface area contributed by atoms with E-state index in [2.05, 4.69) is 15.9 Å². The molecule has 0 amide bonds. The largest absolute Gasteiger partial charge is 0.396 e. The van der Waals surface area contributed by atoms with Crippen molar-refractivity contribution in [2.45, 2.75) is 38.3 Å². The average Bonchev–Trinajstić information content (AvgIpc) is 3.28. The first kappa shape index (κ1) is 13.8. The van der Waals surface area contributed by atoms with Gasteiger partial charge in [0.15, 0.2) is 0 Å². The van der Waals surface area contributed by atoms with Gasteiger partial charge in [0.2, 0.25) is 0 Å². The van der Waals surface area contributed by atoms with Gasteiger partial charge in [-0.15, -0.1) is 0 Å². The highest BCUT2D eigenvalue weighted by Gasteiger charge is 2.46. The van der Waals surface area contributed by atoms with Gasteiger partial charge < -0.3 is 10.0 Å². The molecule has 2 atom stereocenters. The number of allylic oxidation sites excluding steroid dienone is 3. The van der Waals surface area contributed by atoms with E-state index in [1.807, 2.05) is 11.0 Å². The van der Waals surface area contributed by atoms with Gasteiger partial charge in [0.1, 0.15) is 12.1 Å². The molecule has 0 radical (unpaired) electrons. The summed E-state index contributed by atoms with van der Waals surface area (Å²) in [5.41, 5.74) is 1.25. The molecule has 1 N–H and O–H groups in total. The summed E-state index contributed by atoms with van der Waals surface area (Å²) in [5, 5.41) is 18.5. The van der Waals surface area contributed by atoms with Crippen molar-refractivity contribution in [2.24, 2.45) is 11.3 Å². The summed E-state index contributed by atoms with van der Waals surface area (Å²) < 4.78 is 23.8. The van der Waals surface area contributed by atoms with Crippen LogP contribution < -0.4 is 0 Å². The molecular weight excluding hydrogens is 335 g/mol. The van der Waals surface area contributed by atoms with Gasteiger partial charge >= 0.3 is 0 Å². The quantitative estimate of drug-likeness (QED) is 0.844. The molecule has 3 aliphatic rings. The lowest BCUT2D eigenvalue weighted by atomic mass is 9.86. The van der Waals surface area contributed by atoms with Crippen LogP contribution in [0, 0.1) is 22.6 Å². The molecule has 0 bridgehead atoms. The number of nitriles is 1. The Morgan fingerprint density at radius 2 is 2.14 bits per heavy atom. The van der Waals surface area contributed by atoms with E-state index in [0.717, 1.165) is 25.9 Å². The molecule has 3 nitrogen and oxygen atoms in total. The summed E-state index contributed by atoms with van der Waals surface area (Å²) in [4.78, 5) is 2.00. The molecule has 1 saturated carbocycles. The van der Waals surface area contributed by atoms with Gasteiger partial charge in [-0.05, 0) is 49.2 Å². The van der Waals surface area contributed by atoms with Gasteiger partial charge in [0.05, 0.1) is 7.44 Å². The highest BCUT2D eigenvalue weighted by molar-refractivity contribution is 9.11. The van der Waals surface area contributed by atoms with E-state index in [1.54, 1.807) is 6.08 Å². The second-order valence-electron chi connectivity index (χ2n) is 6.25. The predicted molar refractivity (Wildman–Crippen MR) is 82.2 cm³/mol. The first-order valence-corrected chi connectivity index (χ1v) is 8.27. The molecule has 5 heteroatoms. The van der Waals surface area contributed by atoms with Crippen LogP contribution in [0.3, 0.4) is 0 Å². The van der Waals surface area contributed by atoms with Gasteiger partial charge in [-0.2, -0.15) is 5.26 Å². The number of rotatable bonds is 3. The molecule has 0 aromatic heterocycles. The molecule has 1 spiro atoms. The van der Waals surface area contributed by atoms with Crippen molar-refractivity contribution in [1.82, 2.24) is 4.90 Å². The maximum absolute atomic E-state index is 14.8. The Labute approximate surface area is 134 Å². The van der Waals surface area contributed by atoms with Crippen molar-refractivity contribution in [1.29, 1.82) is 5.26 Å². The zero-order valence-corrected chi connectivity index (χ0v) is 13.5. The van der Waals surface area contributed by atoms with Crippen LogP contribution in [0.1, 0.15) is 33.5 Å². The summed E-state index contributed by atoms with van der Waals surface area (Å²) in [6.45, 7) is 1.38. The lowest BCUT2D eigenvalue weighted by molar-refractivity contribution is 0.181. The summed E-state index contributed by atoms with van der Waals surface area (Å²) in [5.74, 6) is -1.92. The van der Waals surface area contributed by atoms with Crippen molar-refractivity contribution in [3.05, 3.63) is 21.8 Å². The lowest BCUT2D eigenvalue weighted by Gasteiger charge is -2.39. The molecule has 114 valence electrons. The van der Waals surface area contributed by atoms with Crippen molar-refractivity contribution in [3.8, 4) is 6.07 Å². The summed E-state index contributed by atoms with van der Waals surface area (Å²) in [7, 11) is 0. The minimum atomic E-state index is -1.92. The van der Waals surface area contributed by atoms with Gasteiger partial charge in [-0.3, -0.25) is 0 Å². The van der Waals surface area contributed by atoms with Crippen molar-refractivity contribution >= 4 is 15.9 Å². The third-order valence-corrected chi connectivity index (χ3v) is 5.77. The summed E-state index contributed by atoms with van der Waals surface area (Å²) in [6, 6.07) is 1.87. The first-order chi connectivity index (χ1) is 10.5. The number of piperidine rings is 1. The van der Waals surface area contributed by atoms with Crippen LogP contribution in [0.25, 0.3) is 0 Å². The normalized spacial score (nSPS) is 35.3. The fraction of sp³-hybridized carbons (Fsp3) is 0.688. The smallest absolute Gasteiger partial charge is 0.144 e. The lowest BCUT2D eigenvalue weighted by Crippen LogP contribution is -2.39. The minimum absolute atomic E-state index is 0.136. The van der Waals surface area contributed by atoms with Crippen LogP contribution in [0.2, 0.25) is 0 Å². The van der Waals surface area contributed by atoms with E-state index >= 15 is 0 Å². The van der Waals surface area contributed by atoms with Crippen molar-refractivity contribution in [2.75, 3.05) is 19.7 Å². The maximum Gasteiger partial charge on any atom is 0.144 e. The molecule has 2 fully saturated rings. The third-order valence-electron chi connectivity index (χ3n) is 5.03. The zero-order valence-electron chi connectivity index (χ0n) is 12.9. The van der Waals surface area contributed by atoms with Gasteiger partial charge in [-0.1, -0.05) is 15.9 Å². The topological polar surface area (TPSA) is 47.3 Å². The van der Waals surface area contributed by atoms with Crippen molar-refractivity contribution < 1.29 is 10.9 Å². The van der Waals surface area contributed by atoms with Crippen LogP contribution in [0.15, 0.2) is 21.8 Å². The van der Waals surface area contributed by atoms with Crippen LogP contribution in [0.4, 0.5) is 4.39 Å². The number of hydrogen-bond donors (Lipinski definition) is 1. The first-order valence-electron chi connectivity index (χ1n) is 7.98. The van der Waals surface area contributed by atoms with E-state index in [-0.39, 0.29) is 13.0 Å². The van der Waals surface area contributed by atoms with E-state index in [4.69, 9.17) is 6.48 Å². The highest BCUT2D eigenvalue weighted by Crippen LogP contribution is 2.54. The number of aliphatic hydroxyl groups is 1. The Morgan fingerprint density at radius 3 is 2.67 bits per heavy atom. The molecule has 1 saturated heterocycles. The van der Waals surface area contributed by atoms with E-state index in [9.17, 15) is 9.65 Å². The number of alkyl halides is 1. The molecule has 0 aromatic rings. The number of hydrogen-bond acceptors (Lipinski definition) is 3. The standard InChI is InChI=1S/C16H20BrFN2O/c17-13-9-14(12(10-19)15(18)11(13)1-8-21)20-6-4-16(2-3-16)5-7-20/h9,12,15,21H,1-8H2/i12D.